The van der Waals surface area contributed by atoms with Crippen LogP contribution >= 0.6 is 11.6 Å². The molecule has 3 heteroatoms. The van der Waals surface area contributed by atoms with Gasteiger partial charge in [0.15, 0.2) is 0 Å². The van der Waals surface area contributed by atoms with Crippen LogP contribution in [0.15, 0.2) is 18.2 Å². The Hall–Kier alpha value is -0.730. The van der Waals surface area contributed by atoms with Gasteiger partial charge in [0.25, 0.3) is 0 Å². The molecule has 0 spiro atoms. The highest BCUT2D eigenvalue weighted by atomic mass is 35.5. The molecule has 0 amide bonds. The van der Waals surface area contributed by atoms with Gasteiger partial charge < -0.3 is 10.1 Å². The van der Waals surface area contributed by atoms with Gasteiger partial charge in [-0.15, -0.1) is 0 Å². The van der Waals surface area contributed by atoms with Gasteiger partial charge in [0.05, 0.1) is 7.11 Å². The Kier molecular flexibility index (Phi) is 6.38. The molecule has 0 aromatic heterocycles. The molecular formula is C14H22ClNO. The van der Waals surface area contributed by atoms with Gasteiger partial charge in [-0.1, -0.05) is 31.5 Å². The summed E-state index contributed by atoms with van der Waals surface area (Å²) >= 11 is 6.18. The van der Waals surface area contributed by atoms with E-state index in [9.17, 15) is 0 Å². The number of rotatable bonds is 7. The van der Waals surface area contributed by atoms with Crippen molar-refractivity contribution < 1.29 is 4.74 Å². The van der Waals surface area contributed by atoms with Crippen LogP contribution in [-0.2, 0) is 6.42 Å². The maximum Gasteiger partial charge on any atom is 0.123 e. The van der Waals surface area contributed by atoms with Gasteiger partial charge in [0.1, 0.15) is 5.75 Å². The van der Waals surface area contributed by atoms with Crippen molar-refractivity contribution in [2.75, 3.05) is 13.7 Å². The fourth-order valence-electron chi connectivity index (χ4n) is 1.79. The number of methoxy groups -OCH3 is 1. The van der Waals surface area contributed by atoms with Gasteiger partial charge in [-0.2, -0.15) is 0 Å². The van der Waals surface area contributed by atoms with Gasteiger partial charge in [0, 0.05) is 16.6 Å². The van der Waals surface area contributed by atoms with Gasteiger partial charge in [-0.25, -0.2) is 0 Å². The quantitative estimate of drug-likeness (QED) is 0.751. The summed E-state index contributed by atoms with van der Waals surface area (Å²) in [5, 5.41) is 4.22. The molecule has 1 rings (SSSR count). The first-order chi connectivity index (χ1) is 8.15. The summed E-state index contributed by atoms with van der Waals surface area (Å²) in [5.41, 5.74) is 1.13. The molecule has 0 atom stereocenters. The molecule has 1 N–H and O–H groups in total. The second kappa shape index (κ2) is 7.57. The Bertz CT molecular complexity index is 339. The zero-order chi connectivity index (χ0) is 12.7. The monoisotopic (exact) mass is 255 g/mol. The maximum atomic E-state index is 6.18. The molecule has 0 unspecified atom stereocenters. The van der Waals surface area contributed by atoms with Crippen molar-refractivity contribution in [2.24, 2.45) is 0 Å². The average Bonchev–Trinajstić information content (AvgIpc) is 2.30. The third-order valence-electron chi connectivity index (χ3n) is 2.70. The van der Waals surface area contributed by atoms with Crippen LogP contribution in [0, 0.1) is 0 Å². The summed E-state index contributed by atoms with van der Waals surface area (Å²) in [6, 6.07) is 6.37. The summed E-state index contributed by atoms with van der Waals surface area (Å²) in [5.74, 6) is 0.898. The van der Waals surface area contributed by atoms with E-state index in [4.69, 9.17) is 16.3 Å². The highest BCUT2D eigenvalue weighted by Gasteiger charge is 2.06. The van der Waals surface area contributed by atoms with Crippen molar-refractivity contribution >= 4 is 11.6 Å². The average molecular weight is 256 g/mol. The van der Waals surface area contributed by atoms with Gasteiger partial charge in [-0.05, 0) is 37.9 Å². The fourth-order valence-corrected chi connectivity index (χ4v) is 2.05. The molecule has 0 saturated carbocycles. The topological polar surface area (TPSA) is 21.3 Å². The molecule has 17 heavy (non-hydrogen) atoms. The molecule has 0 bridgehead atoms. The number of hydrogen-bond acceptors (Lipinski definition) is 2. The van der Waals surface area contributed by atoms with Crippen LogP contribution < -0.4 is 10.1 Å². The molecule has 0 fully saturated rings. The maximum absolute atomic E-state index is 6.18. The summed E-state index contributed by atoms with van der Waals surface area (Å²) in [4.78, 5) is 0. The first kappa shape index (κ1) is 14.3. The van der Waals surface area contributed by atoms with Crippen LogP contribution in [0.5, 0.6) is 5.75 Å². The fraction of sp³-hybridized carbons (Fsp3) is 0.571. The number of halogens is 1. The third-order valence-corrected chi connectivity index (χ3v) is 3.06. The van der Waals surface area contributed by atoms with E-state index in [-0.39, 0.29) is 0 Å². The Morgan fingerprint density at radius 2 is 2.06 bits per heavy atom. The van der Waals surface area contributed by atoms with Crippen molar-refractivity contribution in [3.8, 4) is 5.75 Å². The minimum Gasteiger partial charge on any atom is -0.496 e. The number of benzene rings is 1. The van der Waals surface area contributed by atoms with E-state index < -0.39 is 0 Å². The van der Waals surface area contributed by atoms with E-state index in [0.29, 0.717) is 6.04 Å². The second-order valence-corrected chi connectivity index (χ2v) is 4.89. The molecule has 0 aliphatic carbocycles. The molecule has 1 aromatic carbocycles. The summed E-state index contributed by atoms with van der Waals surface area (Å²) in [6.45, 7) is 5.39. The smallest absolute Gasteiger partial charge is 0.123 e. The normalized spacial score (nSPS) is 10.9. The van der Waals surface area contributed by atoms with E-state index in [0.717, 1.165) is 42.1 Å². The summed E-state index contributed by atoms with van der Waals surface area (Å²) in [7, 11) is 1.69. The van der Waals surface area contributed by atoms with Crippen LogP contribution in [-0.4, -0.2) is 19.7 Å². The van der Waals surface area contributed by atoms with Crippen LogP contribution in [0.2, 0.25) is 5.02 Å². The van der Waals surface area contributed by atoms with E-state index in [1.54, 1.807) is 7.11 Å². The third kappa shape index (κ3) is 4.97. The number of ether oxygens (including phenoxy) is 1. The number of unbranched alkanes of at least 4 members (excludes halogenated alkanes) is 1. The SMILES string of the molecule is COc1cccc(Cl)c1CCCCNC(C)C. The van der Waals surface area contributed by atoms with Crippen LogP contribution in [0.4, 0.5) is 0 Å². The zero-order valence-corrected chi connectivity index (χ0v) is 11.7. The standard InChI is InChI=1S/C14H22ClNO/c1-11(2)16-10-5-4-7-12-13(15)8-6-9-14(12)17-3/h6,8-9,11,16H,4-5,7,10H2,1-3H3. The lowest BCUT2D eigenvalue weighted by Gasteiger charge is -2.11. The van der Waals surface area contributed by atoms with Gasteiger partial charge in [-0.3, -0.25) is 0 Å². The van der Waals surface area contributed by atoms with E-state index >= 15 is 0 Å². The summed E-state index contributed by atoms with van der Waals surface area (Å²) in [6.07, 6.45) is 3.26. The molecular weight excluding hydrogens is 234 g/mol. The molecule has 0 saturated heterocycles. The largest absolute Gasteiger partial charge is 0.496 e. The molecule has 1 aromatic rings. The lowest BCUT2D eigenvalue weighted by molar-refractivity contribution is 0.408. The van der Waals surface area contributed by atoms with Crippen molar-refractivity contribution in [1.29, 1.82) is 0 Å². The van der Waals surface area contributed by atoms with Crippen molar-refractivity contribution in [3.63, 3.8) is 0 Å². The molecule has 96 valence electrons. The van der Waals surface area contributed by atoms with Crippen LogP contribution in [0.3, 0.4) is 0 Å². The van der Waals surface area contributed by atoms with Crippen LogP contribution in [0.25, 0.3) is 0 Å². The van der Waals surface area contributed by atoms with E-state index in [1.807, 2.05) is 18.2 Å². The Balaban J connectivity index is 2.40. The second-order valence-electron chi connectivity index (χ2n) is 4.49. The minimum atomic E-state index is 0.560. The highest BCUT2D eigenvalue weighted by Crippen LogP contribution is 2.27. The van der Waals surface area contributed by atoms with Gasteiger partial charge in [0.2, 0.25) is 0 Å². The lowest BCUT2D eigenvalue weighted by atomic mass is 10.1. The molecule has 0 radical (unpaired) electrons. The predicted octanol–water partition coefficient (Wildman–Crippen LogP) is 3.67. The minimum absolute atomic E-state index is 0.560. The van der Waals surface area contributed by atoms with E-state index in [2.05, 4.69) is 19.2 Å². The molecule has 0 aliphatic rings. The highest BCUT2D eigenvalue weighted by molar-refractivity contribution is 6.31. The lowest BCUT2D eigenvalue weighted by Crippen LogP contribution is -2.23. The van der Waals surface area contributed by atoms with Gasteiger partial charge >= 0.3 is 0 Å². The van der Waals surface area contributed by atoms with Crippen molar-refractivity contribution in [1.82, 2.24) is 5.32 Å². The van der Waals surface area contributed by atoms with E-state index in [1.165, 1.54) is 0 Å². The Morgan fingerprint density at radius 3 is 2.71 bits per heavy atom. The van der Waals surface area contributed by atoms with Crippen molar-refractivity contribution in [2.45, 2.75) is 39.2 Å². The number of nitrogens with one attached hydrogen (secondary N) is 1. The molecule has 0 heterocycles. The summed E-state index contributed by atoms with van der Waals surface area (Å²) < 4.78 is 5.32. The number of hydrogen-bond donors (Lipinski definition) is 1. The first-order valence-electron chi connectivity index (χ1n) is 6.20. The Labute approximate surface area is 109 Å². The predicted molar refractivity (Wildman–Crippen MR) is 74.1 cm³/mol. The molecule has 0 aliphatic heterocycles. The van der Waals surface area contributed by atoms with Crippen LogP contribution in [0.1, 0.15) is 32.3 Å². The molecule has 2 nitrogen and oxygen atoms in total. The van der Waals surface area contributed by atoms with Crippen molar-refractivity contribution in [3.05, 3.63) is 28.8 Å². The first-order valence-corrected chi connectivity index (χ1v) is 6.57. The zero-order valence-electron chi connectivity index (χ0n) is 10.9. The Morgan fingerprint density at radius 1 is 1.29 bits per heavy atom.